The molecule has 5 aliphatic carbocycles. The maximum atomic E-state index is 13.2. The number of hydrogen-bond acceptors (Lipinski definition) is 22. The van der Waals surface area contributed by atoms with E-state index >= 15 is 0 Å². The second-order valence-corrected chi connectivity index (χ2v) is 26.1. The minimum atomic E-state index is -2.13. The highest BCUT2D eigenvalue weighted by molar-refractivity contribution is 5.75. The van der Waals surface area contributed by atoms with Gasteiger partial charge in [-0.2, -0.15) is 0 Å². The number of aliphatic hydroxyl groups is 12. The van der Waals surface area contributed by atoms with Crippen molar-refractivity contribution in [1.29, 1.82) is 0 Å². The lowest BCUT2D eigenvalue weighted by Crippen LogP contribution is -2.68. The Balaban J connectivity index is 0.991. The molecule has 0 bridgehead atoms. The van der Waals surface area contributed by atoms with Gasteiger partial charge in [0.05, 0.1) is 43.0 Å². The van der Waals surface area contributed by atoms with Gasteiger partial charge < -0.3 is 109 Å². The van der Waals surface area contributed by atoms with E-state index in [0.29, 0.717) is 38.5 Å². The van der Waals surface area contributed by atoms with Crippen LogP contribution in [0.15, 0.2) is 11.6 Å². The lowest BCUT2D eigenvalue weighted by molar-refractivity contribution is -0.396. The normalized spacial score (nSPS) is 56.3. The average molecular weight is 1120 g/mol. The number of hydrogen-bond donors (Lipinski definition) is 14. The van der Waals surface area contributed by atoms with Crippen LogP contribution in [-0.4, -0.2) is 232 Å². The smallest absolute Gasteiger partial charge is 0.335 e. The molecule has 0 aromatic carbocycles. The van der Waals surface area contributed by atoms with Gasteiger partial charge in [0, 0.05) is 10.8 Å². The molecular weight excluding hydrogens is 1030 g/mol. The van der Waals surface area contributed by atoms with E-state index in [0.717, 1.165) is 6.42 Å². The molecule has 4 aliphatic heterocycles. The van der Waals surface area contributed by atoms with Gasteiger partial charge in [0.25, 0.3) is 0 Å². The summed E-state index contributed by atoms with van der Waals surface area (Å²) in [7, 11) is 0. The first-order valence-electron chi connectivity index (χ1n) is 27.8. The van der Waals surface area contributed by atoms with Crippen LogP contribution in [0.25, 0.3) is 0 Å². The Labute approximate surface area is 453 Å². The molecule has 8 fully saturated rings. The molecule has 0 unspecified atom stereocenters. The zero-order valence-corrected chi connectivity index (χ0v) is 45.6. The first kappa shape index (κ1) is 60.5. The lowest BCUT2D eigenvalue weighted by Gasteiger charge is -2.72. The molecule has 0 aromatic rings. The fraction of sp³-hybridized carbons (Fsp3) is 0.926. The number of fused-ring (bicyclic) bond motifs is 7. The summed E-state index contributed by atoms with van der Waals surface area (Å²) in [6.45, 7) is 14.3. The molecule has 9 aliphatic rings. The Morgan fingerprint density at radius 1 is 0.564 bits per heavy atom. The third kappa shape index (κ3) is 9.44. The average Bonchev–Trinajstić information content (AvgIpc) is 2.94. The summed E-state index contributed by atoms with van der Waals surface area (Å²) >= 11 is 0. The molecule has 4 saturated carbocycles. The third-order valence-electron chi connectivity index (χ3n) is 21.9. The van der Waals surface area contributed by atoms with Gasteiger partial charge in [0.1, 0.15) is 79.4 Å². The third-order valence-corrected chi connectivity index (χ3v) is 21.9. The Morgan fingerprint density at radius 3 is 1.68 bits per heavy atom. The monoisotopic (exact) mass is 1120 g/mol. The number of ether oxygens (including phenoxy) is 8. The highest BCUT2D eigenvalue weighted by Crippen LogP contribution is 2.76. The summed E-state index contributed by atoms with van der Waals surface area (Å²) in [4.78, 5) is 25.8. The van der Waals surface area contributed by atoms with E-state index in [-0.39, 0.29) is 36.0 Å². The summed E-state index contributed by atoms with van der Waals surface area (Å²) < 4.78 is 48.8. The topological polar surface area (TPSA) is 391 Å². The standard InChI is InChI=1S/C54H86O24/c1-21-30(57)33(60)38(65)44(71-21)75-29-18-49(3,48(69)70)17-24-23-9-10-27-51(5)13-12-28(52(6,20-56)26(51)11-14-54(27,8)53(23,7)16-15-50(24,29)4)74-47-42(37(64)36(63)40(76-47)43(67)68)78-46-41(35(62)32(59)25(19-55)73-46)77-45-39(66)34(61)31(58)22(2)72-45/h9,21-22,24-42,44-47,55-66H,10-20H2,1-8H3,(H,67,68)(H,69,70)/t21-,22-,24-,25+,26+,27+,28-,29+,30-,31-,32+,33+,34+,35-,36-,37-,38+,39+,40-,41+,42+,44-,45-,46-,47+,49-,50+,51-,52+,53+,54+/m0/s1. The van der Waals surface area contributed by atoms with Gasteiger partial charge in [-0.1, -0.05) is 46.3 Å². The van der Waals surface area contributed by atoms with Crippen LogP contribution in [0, 0.1) is 50.2 Å². The maximum absolute atomic E-state index is 13.2. The number of carboxylic acid groups (broad SMARTS) is 2. The summed E-state index contributed by atoms with van der Waals surface area (Å²) in [5, 5.41) is 152. The van der Waals surface area contributed by atoms with Crippen LogP contribution in [0.2, 0.25) is 0 Å². The molecule has 446 valence electrons. The highest BCUT2D eigenvalue weighted by atomic mass is 16.8. The molecule has 4 heterocycles. The van der Waals surface area contributed by atoms with Crippen molar-refractivity contribution in [3.8, 4) is 0 Å². The van der Waals surface area contributed by atoms with Crippen LogP contribution in [0.4, 0.5) is 0 Å². The number of aliphatic carboxylic acids is 2. The predicted octanol–water partition coefficient (Wildman–Crippen LogP) is -1.38. The fourth-order valence-electron chi connectivity index (χ4n) is 16.6. The van der Waals surface area contributed by atoms with Gasteiger partial charge >= 0.3 is 11.9 Å². The van der Waals surface area contributed by atoms with Crippen LogP contribution in [-0.2, 0) is 47.5 Å². The van der Waals surface area contributed by atoms with E-state index in [1.807, 2.05) is 6.92 Å². The molecule has 31 atom stereocenters. The van der Waals surface area contributed by atoms with Gasteiger partial charge in [-0.05, 0) is 113 Å². The van der Waals surface area contributed by atoms with Crippen LogP contribution in [0.1, 0.15) is 113 Å². The highest BCUT2D eigenvalue weighted by Gasteiger charge is 2.71. The summed E-state index contributed by atoms with van der Waals surface area (Å²) in [5.74, 6) is -3.07. The van der Waals surface area contributed by atoms with E-state index < -0.39 is 187 Å². The van der Waals surface area contributed by atoms with E-state index in [9.17, 15) is 81.1 Å². The fourth-order valence-corrected chi connectivity index (χ4v) is 16.6. The first-order valence-corrected chi connectivity index (χ1v) is 27.8. The van der Waals surface area contributed by atoms with Crippen molar-refractivity contribution in [3.63, 3.8) is 0 Å². The summed E-state index contributed by atoms with van der Waals surface area (Å²) in [6.07, 6.45) is -28.4. The molecule has 4 saturated heterocycles. The SMILES string of the molecule is C[C@@H]1O[C@@H](O[C@H]2[C@H](O[C@H]3[C@H](O[C@H]4CC[C@@]5(C)[C@@H](CC[C@]6(C)[C@@H]5CC=C5[C@@H]7C[C@](C)(C(=O)O)C[C@@H](O[C@@H]8O[C@@H](C)[C@H](O)[C@@H](O)[C@H]8O)[C@]7(C)CC[C@]56C)[C@@]4(C)CO)O[C@H](C(=O)O)[C@@H](O)[C@@H]3O)O[C@H](CO)[C@@H](O)[C@@H]2O)[C@H](O)[C@H](O)[C@H]1O. The number of aliphatic hydroxyl groups excluding tert-OH is 12. The van der Waals surface area contributed by atoms with Crippen molar-refractivity contribution >= 4 is 11.9 Å². The van der Waals surface area contributed by atoms with Crippen molar-refractivity contribution in [3.05, 3.63) is 11.6 Å². The molecule has 14 N–H and O–H groups in total. The first-order chi connectivity index (χ1) is 36.4. The lowest BCUT2D eigenvalue weighted by atomic mass is 9.33. The Kier molecular flexibility index (Phi) is 16.7. The molecular formula is C54H86O24. The van der Waals surface area contributed by atoms with Gasteiger partial charge in [-0.15, -0.1) is 0 Å². The van der Waals surface area contributed by atoms with Crippen LogP contribution >= 0.6 is 0 Å². The summed E-state index contributed by atoms with van der Waals surface area (Å²) in [5.41, 5.74) is -2.96. The van der Waals surface area contributed by atoms with Crippen molar-refractivity contribution in [2.75, 3.05) is 13.2 Å². The van der Waals surface area contributed by atoms with E-state index in [2.05, 4.69) is 33.8 Å². The second-order valence-electron chi connectivity index (χ2n) is 26.1. The number of carbonyl (C=O) groups is 2. The second kappa shape index (κ2) is 21.5. The van der Waals surface area contributed by atoms with E-state index in [4.69, 9.17) is 37.9 Å². The van der Waals surface area contributed by atoms with Gasteiger partial charge in [-0.25, -0.2) is 4.79 Å². The molecule has 0 spiro atoms. The predicted molar refractivity (Wildman–Crippen MR) is 264 cm³/mol. The van der Waals surface area contributed by atoms with Crippen molar-refractivity contribution in [2.45, 2.75) is 248 Å². The quantitative estimate of drug-likeness (QED) is 0.0791. The minimum absolute atomic E-state index is 0.0337. The molecule has 0 aromatic heterocycles. The van der Waals surface area contributed by atoms with Crippen LogP contribution < -0.4 is 0 Å². The molecule has 9 rings (SSSR count). The number of carboxylic acids is 2. The van der Waals surface area contributed by atoms with Crippen LogP contribution in [0.5, 0.6) is 0 Å². The Morgan fingerprint density at radius 2 is 1.12 bits per heavy atom. The minimum Gasteiger partial charge on any atom is -0.481 e. The van der Waals surface area contributed by atoms with Crippen molar-refractivity contribution in [1.82, 2.24) is 0 Å². The molecule has 0 amide bonds. The Hall–Kier alpha value is -2.12. The summed E-state index contributed by atoms with van der Waals surface area (Å²) in [6, 6.07) is 0. The number of rotatable bonds is 12. The maximum Gasteiger partial charge on any atom is 0.335 e. The largest absolute Gasteiger partial charge is 0.481 e. The van der Waals surface area contributed by atoms with E-state index in [1.54, 1.807) is 13.8 Å². The van der Waals surface area contributed by atoms with Gasteiger partial charge in [-0.3, -0.25) is 4.79 Å². The zero-order chi connectivity index (χ0) is 57.3. The molecule has 24 heteroatoms. The van der Waals surface area contributed by atoms with Gasteiger partial charge in [0.15, 0.2) is 31.3 Å². The zero-order valence-electron chi connectivity index (χ0n) is 45.6. The molecule has 78 heavy (non-hydrogen) atoms. The molecule has 24 nitrogen and oxygen atoms in total. The molecule has 0 radical (unpaired) electrons. The van der Waals surface area contributed by atoms with Crippen LogP contribution in [0.3, 0.4) is 0 Å². The Bertz CT molecular complexity index is 2220. The van der Waals surface area contributed by atoms with E-state index in [1.165, 1.54) is 12.5 Å². The van der Waals surface area contributed by atoms with Crippen molar-refractivity contribution in [2.24, 2.45) is 50.2 Å². The van der Waals surface area contributed by atoms with Gasteiger partial charge in [0.2, 0.25) is 0 Å². The number of allylic oxidation sites excluding steroid dienone is 2. The van der Waals surface area contributed by atoms with Crippen molar-refractivity contribution < 1.29 is 119 Å².